The van der Waals surface area contributed by atoms with Crippen molar-refractivity contribution in [2.75, 3.05) is 37.8 Å². The quantitative estimate of drug-likeness (QED) is 0.909. The van der Waals surface area contributed by atoms with Crippen molar-refractivity contribution in [1.82, 2.24) is 9.62 Å². The van der Waals surface area contributed by atoms with E-state index in [0.29, 0.717) is 25.6 Å². The van der Waals surface area contributed by atoms with Crippen molar-refractivity contribution in [2.24, 2.45) is 5.92 Å². The highest BCUT2D eigenvalue weighted by Gasteiger charge is 2.25. The topological polar surface area (TPSA) is 69.7 Å². The van der Waals surface area contributed by atoms with Gasteiger partial charge < -0.3 is 5.32 Å². The number of carbonyl (C=O) groups excluding carboxylic acids is 1. The molecule has 1 aliphatic rings. The first-order valence-electron chi connectivity index (χ1n) is 7.80. The lowest BCUT2D eigenvalue weighted by Crippen LogP contribution is -2.43. The van der Waals surface area contributed by atoms with Crippen molar-refractivity contribution >= 4 is 21.7 Å². The average molecular weight is 339 g/mol. The number of piperidine rings is 1. The largest absolute Gasteiger partial charge is 0.337 e. The Labute approximate surface area is 138 Å². The summed E-state index contributed by atoms with van der Waals surface area (Å²) in [5.74, 6) is 0.323. The fraction of sp³-hybridized carbons (Fsp3) is 0.562. The highest BCUT2D eigenvalue weighted by molar-refractivity contribution is 7.88. The molecule has 6 nitrogen and oxygen atoms in total. The molecule has 0 atom stereocenters. The minimum atomic E-state index is -3.10. The third-order valence-electron chi connectivity index (χ3n) is 4.31. The SMILES string of the molecule is Cc1ccc(N(C)C(=O)NCC2CCN(S(C)(=O)=O)CC2)cc1. The van der Waals surface area contributed by atoms with Gasteiger partial charge >= 0.3 is 6.03 Å². The number of nitrogens with one attached hydrogen (secondary N) is 1. The molecule has 0 aliphatic carbocycles. The maximum absolute atomic E-state index is 12.2. The van der Waals surface area contributed by atoms with Crippen LogP contribution in [0.4, 0.5) is 10.5 Å². The molecule has 0 aromatic heterocycles. The van der Waals surface area contributed by atoms with Gasteiger partial charge in [0.05, 0.1) is 6.26 Å². The van der Waals surface area contributed by atoms with Crippen LogP contribution < -0.4 is 10.2 Å². The number of carbonyl (C=O) groups is 1. The Bertz CT molecular complexity index is 635. The van der Waals surface area contributed by atoms with Gasteiger partial charge in [0.2, 0.25) is 10.0 Å². The van der Waals surface area contributed by atoms with Crippen LogP contribution >= 0.6 is 0 Å². The van der Waals surface area contributed by atoms with Gasteiger partial charge in [-0.2, -0.15) is 0 Å². The van der Waals surface area contributed by atoms with Gasteiger partial charge in [0.15, 0.2) is 0 Å². The molecule has 1 N–H and O–H groups in total. The Morgan fingerprint density at radius 3 is 2.35 bits per heavy atom. The number of nitrogens with zero attached hydrogens (tertiary/aromatic N) is 2. The third kappa shape index (κ3) is 4.94. The first kappa shape index (κ1) is 17.7. The Morgan fingerprint density at radius 1 is 1.26 bits per heavy atom. The number of aryl methyl sites for hydroxylation is 1. The Kier molecular flexibility index (Phi) is 5.64. The summed E-state index contributed by atoms with van der Waals surface area (Å²) < 4.78 is 24.5. The van der Waals surface area contributed by atoms with E-state index in [0.717, 1.165) is 24.1 Å². The summed E-state index contributed by atoms with van der Waals surface area (Å²) in [6.45, 7) is 3.65. The highest BCUT2D eigenvalue weighted by Crippen LogP contribution is 2.19. The standard InChI is InChI=1S/C16H25N3O3S/c1-13-4-6-15(7-5-13)18(2)16(20)17-12-14-8-10-19(11-9-14)23(3,21)22/h4-7,14H,8-12H2,1-3H3,(H,17,20). The summed E-state index contributed by atoms with van der Waals surface area (Å²) >= 11 is 0. The summed E-state index contributed by atoms with van der Waals surface area (Å²) in [6.07, 6.45) is 2.80. The predicted octanol–water partition coefficient (Wildman–Crippen LogP) is 1.81. The number of amides is 2. The molecule has 2 amide bonds. The highest BCUT2D eigenvalue weighted by atomic mass is 32.2. The first-order chi connectivity index (χ1) is 10.8. The van der Waals surface area contributed by atoms with Gasteiger partial charge in [0, 0.05) is 32.4 Å². The molecular weight excluding hydrogens is 314 g/mol. The number of benzene rings is 1. The first-order valence-corrected chi connectivity index (χ1v) is 9.65. The van der Waals surface area contributed by atoms with E-state index in [9.17, 15) is 13.2 Å². The molecule has 0 bridgehead atoms. The molecule has 2 rings (SSSR count). The van der Waals surface area contributed by atoms with E-state index in [1.54, 1.807) is 11.9 Å². The lowest BCUT2D eigenvalue weighted by atomic mass is 9.98. The Hall–Kier alpha value is -1.60. The minimum Gasteiger partial charge on any atom is -0.337 e. The van der Waals surface area contributed by atoms with Crippen LogP contribution in [0.3, 0.4) is 0 Å². The van der Waals surface area contributed by atoms with Gasteiger partial charge in [-0.25, -0.2) is 17.5 Å². The maximum Gasteiger partial charge on any atom is 0.321 e. The predicted molar refractivity (Wildman–Crippen MR) is 92.1 cm³/mol. The molecule has 0 spiro atoms. The number of urea groups is 1. The van der Waals surface area contributed by atoms with E-state index in [-0.39, 0.29) is 6.03 Å². The van der Waals surface area contributed by atoms with Crippen molar-refractivity contribution in [2.45, 2.75) is 19.8 Å². The van der Waals surface area contributed by atoms with Crippen LogP contribution in [0.1, 0.15) is 18.4 Å². The van der Waals surface area contributed by atoms with Crippen LogP contribution in [0.2, 0.25) is 0 Å². The molecule has 1 aromatic rings. The zero-order valence-corrected chi connectivity index (χ0v) is 14.8. The van der Waals surface area contributed by atoms with Crippen molar-refractivity contribution in [3.05, 3.63) is 29.8 Å². The average Bonchev–Trinajstić information content (AvgIpc) is 2.52. The van der Waals surface area contributed by atoms with E-state index in [2.05, 4.69) is 5.32 Å². The van der Waals surface area contributed by atoms with E-state index < -0.39 is 10.0 Å². The number of anilines is 1. The summed E-state index contributed by atoms with van der Waals surface area (Å²) in [4.78, 5) is 13.8. The molecule has 1 aromatic carbocycles. The van der Waals surface area contributed by atoms with E-state index in [1.807, 2.05) is 31.2 Å². The van der Waals surface area contributed by atoms with Gasteiger partial charge in [-0.15, -0.1) is 0 Å². The normalized spacial score (nSPS) is 17.0. The fourth-order valence-electron chi connectivity index (χ4n) is 2.68. The molecule has 1 heterocycles. The van der Waals surface area contributed by atoms with E-state index in [1.165, 1.54) is 10.6 Å². The fourth-order valence-corrected chi connectivity index (χ4v) is 3.56. The van der Waals surface area contributed by atoms with Crippen molar-refractivity contribution in [3.8, 4) is 0 Å². The van der Waals surface area contributed by atoms with Gasteiger partial charge in [0.25, 0.3) is 0 Å². The van der Waals surface area contributed by atoms with Gasteiger partial charge in [-0.1, -0.05) is 17.7 Å². The zero-order chi connectivity index (χ0) is 17.0. The molecule has 1 fully saturated rings. The molecule has 0 unspecified atom stereocenters. The lowest BCUT2D eigenvalue weighted by molar-refractivity contribution is 0.237. The Balaban J connectivity index is 1.80. The second kappa shape index (κ2) is 7.31. The number of sulfonamides is 1. The molecule has 7 heteroatoms. The molecule has 1 aliphatic heterocycles. The van der Waals surface area contributed by atoms with Crippen molar-refractivity contribution in [1.29, 1.82) is 0 Å². The molecule has 23 heavy (non-hydrogen) atoms. The van der Waals surface area contributed by atoms with Gasteiger partial charge in [-0.05, 0) is 37.8 Å². The van der Waals surface area contributed by atoms with E-state index >= 15 is 0 Å². The molecule has 1 saturated heterocycles. The maximum atomic E-state index is 12.2. The van der Waals surface area contributed by atoms with Crippen LogP contribution in [-0.4, -0.2) is 51.7 Å². The van der Waals surface area contributed by atoms with Gasteiger partial charge in [0.1, 0.15) is 0 Å². The second-order valence-corrected chi connectivity index (χ2v) is 8.17. The minimum absolute atomic E-state index is 0.139. The third-order valence-corrected chi connectivity index (χ3v) is 5.61. The number of hydrogen-bond donors (Lipinski definition) is 1. The smallest absolute Gasteiger partial charge is 0.321 e. The monoisotopic (exact) mass is 339 g/mol. The van der Waals surface area contributed by atoms with E-state index in [4.69, 9.17) is 0 Å². The Morgan fingerprint density at radius 2 is 1.83 bits per heavy atom. The van der Waals surface area contributed by atoms with Crippen molar-refractivity contribution < 1.29 is 13.2 Å². The van der Waals surface area contributed by atoms with Crippen molar-refractivity contribution in [3.63, 3.8) is 0 Å². The molecule has 0 saturated carbocycles. The second-order valence-electron chi connectivity index (χ2n) is 6.19. The summed E-state index contributed by atoms with van der Waals surface area (Å²) in [7, 11) is -1.35. The van der Waals surface area contributed by atoms with Crippen LogP contribution in [-0.2, 0) is 10.0 Å². The lowest BCUT2D eigenvalue weighted by Gasteiger charge is -2.30. The summed E-state index contributed by atoms with van der Waals surface area (Å²) in [6, 6.07) is 7.64. The van der Waals surface area contributed by atoms with Gasteiger partial charge in [-0.3, -0.25) is 4.90 Å². The van der Waals surface area contributed by atoms with Crippen LogP contribution in [0.15, 0.2) is 24.3 Å². The van der Waals surface area contributed by atoms with Crippen LogP contribution in [0.5, 0.6) is 0 Å². The summed E-state index contributed by atoms with van der Waals surface area (Å²) in [5, 5.41) is 2.94. The summed E-state index contributed by atoms with van der Waals surface area (Å²) in [5.41, 5.74) is 2.00. The molecule has 128 valence electrons. The molecular formula is C16H25N3O3S. The number of hydrogen-bond acceptors (Lipinski definition) is 3. The molecule has 0 radical (unpaired) electrons. The van der Waals surface area contributed by atoms with Crippen LogP contribution in [0.25, 0.3) is 0 Å². The van der Waals surface area contributed by atoms with Crippen LogP contribution in [0, 0.1) is 12.8 Å². The zero-order valence-electron chi connectivity index (χ0n) is 13.9. The number of rotatable bonds is 4.